The first kappa shape index (κ1) is 18.0. The van der Waals surface area contributed by atoms with Gasteiger partial charge in [-0.25, -0.2) is 9.97 Å². The van der Waals surface area contributed by atoms with Crippen LogP contribution in [0.2, 0.25) is 0 Å². The van der Waals surface area contributed by atoms with E-state index in [1.165, 1.54) is 16.2 Å². The van der Waals surface area contributed by atoms with Crippen LogP contribution in [-0.4, -0.2) is 40.8 Å². The van der Waals surface area contributed by atoms with Gasteiger partial charge in [0.1, 0.15) is 10.7 Å². The number of fused-ring (bicyclic) bond motifs is 1. The van der Waals surface area contributed by atoms with E-state index in [0.717, 1.165) is 21.5 Å². The third-order valence-electron chi connectivity index (χ3n) is 4.06. The van der Waals surface area contributed by atoms with Crippen molar-refractivity contribution < 1.29 is 9.59 Å². The van der Waals surface area contributed by atoms with Gasteiger partial charge in [-0.2, -0.15) is 0 Å². The molecule has 7 heteroatoms. The summed E-state index contributed by atoms with van der Waals surface area (Å²) in [5.74, 6) is 0.371. The van der Waals surface area contributed by atoms with Gasteiger partial charge in [0.15, 0.2) is 0 Å². The number of aryl methyl sites for hydroxylation is 3. The lowest BCUT2D eigenvalue weighted by Crippen LogP contribution is -2.21. The first-order chi connectivity index (χ1) is 12.3. The van der Waals surface area contributed by atoms with Crippen LogP contribution in [0.1, 0.15) is 37.1 Å². The topological polar surface area (TPSA) is 75.2 Å². The quantitative estimate of drug-likeness (QED) is 0.767. The van der Waals surface area contributed by atoms with Crippen LogP contribution in [0.4, 0.5) is 5.69 Å². The van der Waals surface area contributed by atoms with Crippen molar-refractivity contribution in [3.63, 3.8) is 0 Å². The number of benzene rings is 1. The summed E-state index contributed by atoms with van der Waals surface area (Å²) in [6, 6.07) is 6.92. The van der Waals surface area contributed by atoms with E-state index in [-0.39, 0.29) is 11.8 Å². The summed E-state index contributed by atoms with van der Waals surface area (Å²) in [6.07, 6.45) is 0. The number of rotatable bonds is 3. The van der Waals surface area contributed by atoms with E-state index in [1.807, 2.05) is 20.8 Å². The number of anilines is 1. The number of carbonyl (C=O) groups excluding carboxylic acids is 2. The standard InChI is InChI=1S/C19H20N4O2S/c1-10-15-11(2)20-12(3)21-18(15)26-16(10)17(24)22-14-8-6-7-13(9-14)19(25)23(4)5/h6-9H,1-5H3,(H,22,24). The highest BCUT2D eigenvalue weighted by atomic mass is 32.1. The lowest BCUT2D eigenvalue weighted by molar-refractivity contribution is 0.0827. The molecule has 0 bridgehead atoms. The molecule has 0 spiro atoms. The zero-order valence-electron chi connectivity index (χ0n) is 15.4. The normalized spacial score (nSPS) is 10.8. The van der Waals surface area contributed by atoms with Gasteiger partial charge in [0, 0.05) is 36.4 Å². The second-order valence-electron chi connectivity index (χ2n) is 6.33. The Labute approximate surface area is 155 Å². The zero-order valence-corrected chi connectivity index (χ0v) is 16.2. The fraction of sp³-hybridized carbons (Fsp3) is 0.263. The van der Waals surface area contributed by atoms with Crippen LogP contribution in [0.5, 0.6) is 0 Å². The van der Waals surface area contributed by atoms with Crippen LogP contribution >= 0.6 is 11.3 Å². The molecular weight excluding hydrogens is 348 g/mol. The number of amides is 2. The molecule has 1 N–H and O–H groups in total. The summed E-state index contributed by atoms with van der Waals surface area (Å²) in [6.45, 7) is 5.68. The van der Waals surface area contributed by atoms with Gasteiger partial charge in [0.25, 0.3) is 11.8 Å². The average molecular weight is 368 g/mol. The van der Waals surface area contributed by atoms with Crippen LogP contribution in [0.3, 0.4) is 0 Å². The minimum atomic E-state index is -0.211. The van der Waals surface area contributed by atoms with E-state index in [9.17, 15) is 9.59 Å². The van der Waals surface area contributed by atoms with Crippen molar-refractivity contribution in [2.24, 2.45) is 0 Å². The van der Waals surface area contributed by atoms with E-state index in [4.69, 9.17) is 0 Å². The Morgan fingerprint density at radius 1 is 1.12 bits per heavy atom. The summed E-state index contributed by atoms with van der Waals surface area (Å²) in [7, 11) is 3.39. The van der Waals surface area contributed by atoms with Gasteiger partial charge in [-0.1, -0.05) is 6.07 Å². The fourth-order valence-electron chi connectivity index (χ4n) is 2.87. The Morgan fingerprint density at radius 3 is 2.54 bits per heavy atom. The molecule has 2 amide bonds. The molecule has 0 unspecified atom stereocenters. The third kappa shape index (κ3) is 3.30. The van der Waals surface area contributed by atoms with Crippen LogP contribution in [0, 0.1) is 20.8 Å². The second-order valence-corrected chi connectivity index (χ2v) is 7.33. The van der Waals surface area contributed by atoms with Crippen LogP contribution in [0.15, 0.2) is 24.3 Å². The molecule has 0 saturated carbocycles. The minimum Gasteiger partial charge on any atom is -0.345 e. The largest absolute Gasteiger partial charge is 0.345 e. The van der Waals surface area contributed by atoms with Crippen molar-refractivity contribution in [2.45, 2.75) is 20.8 Å². The van der Waals surface area contributed by atoms with E-state index in [2.05, 4.69) is 15.3 Å². The van der Waals surface area contributed by atoms with Crippen molar-refractivity contribution >= 4 is 39.1 Å². The minimum absolute atomic E-state index is 0.111. The van der Waals surface area contributed by atoms with Gasteiger partial charge in [0.05, 0.1) is 4.88 Å². The van der Waals surface area contributed by atoms with Crippen molar-refractivity contribution in [1.82, 2.24) is 14.9 Å². The predicted octanol–water partition coefficient (Wildman–Crippen LogP) is 3.57. The number of nitrogens with zero attached hydrogens (tertiary/aromatic N) is 3. The number of carbonyl (C=O) groups is 2. The molecule has 3 aromatic rings. The molecule has 0 aliphatic carbocycles. The molecule has 0 fully saturated rings. The second kappa shape index (κ2) is 6.84. The van der Waals surface area contributed by atoms with E-state index in [1.54, 1.807) is 38.4 Å². The highest BCUT2D eigenvalue weighted by Gasteiger charge is 2.19. The van der Waals surface area contributed by atoms with Crippen molar-refractivity contribution in [3.8, 4) is 0 Å². The molecular formula is C19H20N4O2S. The molecule has 3 rings (SSSR count). The molecule has 0 saturated heterocycles. The number of thiophene rings is 1. The summed E-state index contributed by atoms with van der Waals surface area (Å²) in [5, 5.41) is 3.81. The first-order valence-corrected chi connectivity index (χ1v) is 8.97. The summed E-state index contributed by atoms with van der Waals surface area (Å²) in [4.78, 5) is 36.6. The summed E-state index contributed by atoms with van der Waals surface area (Å²) >= 11 is 1.36. The number of hydrogen-bond donors (Lipinski definition) is 1. The Kier molecular flexibility index (Phi) is 4.73. The van der Waals surface area contributed by atoms with E-state index >= 15 is 0 Å². The fourth-order valence-corrected chi connectivity index (χ4v) is 4.04. The summed E-state index contributed by atoms with van der Waals surface area (Å²) < 4.78 is 0. The maximum absolute atomic E-state index is 12.8. The molecule has 0 radical (unpaired) electrons. The van der Waals surface area contributed by atoms with Gasteiger partial charge >= 0.3 is 0 Å². The van der Waals surface area contributed by atoms with Gasteiger partial charge in [-0.3, -0.25) is 9.59 Å². The van der Waals surface area contributed by atoms with E-state index < -0.39 is 0 Å². The van der Waals surface area contributed by atoms with Gasteiger partial charge in [-0.15, -0.1) is 11.3 Å². The van der Waals surface area contributed by atoms with Gasteiger partial charge < -0.3 is 10.2 Å². The van der Waals surface area contributed by atoms with E-state index in [0.29, 0.717) is 22.0 Å². The molecule has 2 heterocycles. The average Bonchev–Trinajstić information content (AvgIpc) is 2.91. The van der Waals surface area contributed by atoms with Gasteiger partial charge in [0.2, 0.25) is 0 Å². The molecule has 0 aliphatic rings. The molecule has 0 aliphatic heterocycles. The zero-order chi connectivity index (χ0) is 19.0. The Balaban J connectivity index is 1.93. The smallest absolute Gasteiger partial charge is 0.266 e. The molecule has 1 aromatic carbocycles. The number of aromatic nitrogens is 2. The first-order valence-electron chi connectivity index (χ1n) is 8.15. The monoisotopic (exact) mass is 368 g/mol. The Morgan fingerprint density at radius 2 is 1.85 bits per heavy atom. The van der Waals surface area contributed by atoms with Crippen molar-refractivity contribution in [2.75, 3.05) is 19.4 Å². The Bertz CT molecular complexity index is 1020. The number of nitrogens with one attached hydrogen (secondary N) is 1. The number of hydrogen-bond acceptors (Lipinski definition) is 5. The maximum atomic E-state index is 12.8. The molecule has 134 valence electrons. The van der Waals surface area contributed by atoms with Crippen molar-refractivity contribution in [3.05, 3.63) is 51.8 Å². The highest BCUT2D eigenvalue weighted by molar-refractivity contribution is 7.20. The van der Waals surface area contributed by atoms with Crippen LogP contribution in [0.25, 0.3) is 10.2 Å². The lowest BCUT2D eigenvalue weighted by atomic mass is 10.1. The molecule has 26 heavy (non-hydrogen) atoms. The maximum Gasteiger partial charge on any atom is 0.266 e. The van der Waals surface area contributed by atoms with Crippen LogP contribution < -0.4 is 5.32 Å². The third-order valence-corrected chi connectivity index (χ3v) is 5.25. The van der Waals surface area contributed by atoms with Crippen LogP contribution in [-0.2, 0) is 0 Å². The molecule has 0 atom stereocenters. The Hall–Kier alpha value is -2.80. The highest BCUT2D eigenvalue weighted by Crippen LogP contribution is 2.31. The van der Waals surface area contributed by atoms with Gasteiger partial charge in [-0.05, 0) is 44.5 Å². The summed E-state index contributed by atoms with van der Waals surface area (Å²) in [5.41, 5.74) is 2.86. The predicted molar refractivity (Wildman–Crippen MR) is 104 cm³/mol. The lowest BCUT2D eigenvalue weighted by Gasteiger charge is -2.11. The SMILES string of the molecule is Cc1nc(C)c2c(C)c(C(=O)Nc3cccc(C(=O)N(C)C)c3)sc2n1. The van der Waals surface area contributed by atoms with Crippen molar-refractivity contribution in [1.29, 1.82) is 0 Å². The molecule has 6 nitrogen and oxygen atoms in total. The molecule has 2 aromatic heterocycles.